The van der Waals surface area contributed by atoms with E-state index in [9.17, 15) is 4.39 Å². The van der Waals surface area contributed by atoms with Gasteiger partial charge in [-0.25, -0.2) is 4.39 Å². The lowest BCUT2D eigenvalue weighted by Crippen LogP contribution is -2.26. The van der Waals surface area contributed by atoms with Crippen molar-refractivity contribution in [2.45, 2.75) is 0 Å². The predicted octanol–water partition coefficient (Wildman–Crippen LogP) is 1.68. The van der Waals surface area contributed by atoms with Gasteiger partial charge in [-0.1, -0.05) is 6.08 Å². The molecular formula is C12H13FN2O. The molecule has 0 spiro atoms. The first kappa shape index (κ1) is 12.2. The molecule has 0 aliphatic rings. The van der Waals surface area contributed by atoms with E-state index in [1.807, 2.05) is 0 Å². The zero-order valence-electron chi connectivity index (χ0n) is 8.86. The third-order valence-corrected chi connectivity index (χ3v) is 2.16. The second kappa shape index (κ2) is 5.89. The van der Waals surface area contributed by atoms with Crippen LogP contribution in [0.1, 0.15) is 5.56 Å². The molecule has 0 atom stereocenters. The normalized spacial score (nSPS) is 9.56. The molecule has 1 N–H and O–H groups in total. The highest BCUT2D eigenvalue weighted by Crippen LogP contribution is 2.18. The van der Waals surface area contributed by atoms with Crippen molar-refractivity contribution in [2.75, 3.05) is 24.6 Å². The highest BCUT2D eigenvalue weighted by Gasteiger charge is 2.07. The maximum Gasteiger partial charge on any atom is 0.143 e. The molecular weight excluding hydrogens is 207 g/mol. The van der Waals surface area contributed by atoms with Crippen molar-refractivity contribution in [1.29, 1.82) is 5.26 Å². The molecule has 0 aliphatic carbocycles. The van der Waals surface area contributed by atoms with Gasteiger partial charge >= 0.3 is 0 Å². The highest BCUT2D eigenvalue weighted by atomic mass is 19.1. The van der Waals surface area contributed by atoms with Gasteiger partial charge in [0.25, 0.3) is 0 Å². The smallest absolute Gasteiger partial charge is 0.143 e. The molecule has 0 fully saturated rings. The van der Waals surface area contributed by atoms with E-state index >= 15 is 0 Å². The Balaban J connectivity index is 2.97. The van der Waals surface area contributed by atoms with E-state index in [2.05, 4.69) is 6.58 Å². The minimum atomic E-state index is -0.549. The van der Waals surface area contributed by atoms with Crippen LogP contribution in [0, 0.1) is 17.1 Å². The summed E-state index contributed by atoms with van der Waals surface area (Å²) in [7, 11) is 0. The molecule has 4 heteroatoms. The van der Waals surface area contributed by atoms with E-state index in [0.29, 0.717) is 18.8 Å². The maximum atomic E-state index is 13.4. The molecule has 0 heterocycles. The molecule has 0 aromatic heterocycles. The van der Waals surface area contributed by atoms with Crippen molar-refractivity contribution in [1.82, 2.24) is 0 Å². The van der Waals surface area contributed by atoms with Crippen LogP contribution in [0.3, 0.4) is 0 Å². The van der Waals surface area contributed by atoms with Crippen LogP contribution in [0.25, 0.3) is 0 Å². The van der Waals surface area contributed by atoms with Gasteiger partial charge in [-0.3, -0.25) is 0 Å². The molecule has 1 aromatic rings. The summed E-state index contributed by atoms with van der Waals surface area (Å²) in [6.45, 7) is 4.50. The van der Waals surface area contributed by atoms with E-state index in [1.54, 1.807) is 23.1 Å². The zero-order valence-corrected chi connectivity index (χ0v) is 8.86. The average Bonchev–Trinajstić information content (AvgIpc) is 2.28. The Morgan fingerprint density at radius 1 is 1.56 bits per heavy atom. The second-order valence-corrected chi connectivity index (χ2v) is 3.23. The molecule has 0 unspecified atom stereocenters. The van der Waals surface area contributed by atoms with Gasteiger partial charge in [-0.05, 0) is 18.2 Å². The number of aliphatic hydroxyl groups is 1. The Morgan fingerprint density at radius 2 is 2.31 bits per heavy atom. The van der Waals surface area contributed by atoms with Crippen LogP contribution in [0.4, 0.5) is 10.1 Å². The van der Waals surface area contributed by atoms with E-state index in [0.717, 1.165) is 0 Å². The number of benzene rings is 1. The lowest BCUT2D eigenvalue weighted by Gasteiger charge is -2.22. The number of aliphatic hydroxyl groups excluding tert-OH is 1. The monoisotopic (exact) mass is 220 g/mol. The van der Waals surface area contributed by atoms with Crippen molar-refractivity contribution >= 4 is 5.69 Å². The topological polar surface area (TPSA) is 47.3 Å². The Kier molecular flexibility index (Phi) is 4.49. The summed E-state index contributed by atoms with van der Waals surface area (Å²) in [6.07, 6.45) is 1.67. The van der Waals surface area contributed by atoms with Gasteiger partial charge < -0.3 is 10.0 Å². The first-order valence-corrected chi connectivity index (χ1v) is 4.89. The molecule has 0 aliphatic heterocycles. The average molecular weight is 220 g/mol. The molecule has 0 saturated carbocycles. The van der Waals surface area contributed by atoms with Crippen LogP contribution in [-0.4, -0.2) is 24.8 Å². The summed E-state index contributed by atoms with van der Waals surface area (Å²) in [5, 5.41) is 17.5. The number of nitriles is 1. The van der Waals surface area contributed by atoms with Gasteiger partial charge in [0.2, 0.25) is 0 Å². The van der Waals surface area contributed by atoms with Crippen molar-refractivity contribution < 1.29 is 9.50 Å². The molecule has 84 valence electrons. The number of hydrogen-bond donors (Lipinski definition) is 1. The molecule has 1 aromatic carbocycles. The van der Waals surface area contributed by atoms with Gasteiger partial charge in [-0.15, -0.1) is 6.58 Å². The molecule has 0 saturated heterocycles. The van der Waals surface area contributed by atoms with Gasteiger partial charge in [0, 0.05) is 18.8 Å². The Labute approximate surface area is 94.0 Å². The fourth-order valence-electron chi connectivity index (χ4n) is 1.39. The first-order chi connectivity index (χ1) is 7.72. The summed E-state index contributed by atoms with van der Waals surface area (Å²) < 4.78 is 13.4. The third kappa shape index (κ3) is 2.81. The van der Waals surface area contributed by atoms with Crippen LogP contribution in [0.5, 0.6) is 0 Å². The zero-order chi connectivity index (χ0) is 12.0. The van der Waals surface area contributed by atoms with Crippen molar-refractivity contribution in [3.05, 3.63) is 42.2 Å². The van der Waals surface area contributed by atoms with E-state index in [-0.39, 0.29) is 12.2 Å². The van der Waals surface area contributed by atoms with Crippen molar-refractivity contribution in [2.24, 2.45) is 0 Å². The van der Waals surface area contributed by atoms with E-state index in [1.165, 1.54) is 12.1 Å². The summed E-state index contributed by atoms with van der Waals surface area (Å²) in [5.41, 5.74) is 0.650. The number of anilines is 1. The summed E-state index contributed by atoms with van der Waals surface area (Å²) >= 11 is 0. The Bertz CT molecular complexity index is 412. The first-order valence-electron chi connectivity index (χ1n) is 4.89. The predicted molar refractivity (Wildman–Crippen MR) is 60.6 cm³/mol. The van der Waals surface area contributed by atoms with Crippen LogP contribution >= 0.6 is 0 Å². The Hall–Kier alpha value is -1.86. The lowest BCUT2D eigenvalue weighted by molar-refractivity contribution is 0.303. The van der Waals surface area contributed by atoms with Gasteiger partial charge in [-0.2, -0.15) is 5.26 Å². The summed E-state index contributed by atoms with van der Waals surface area (Å²) in [4.78, 5) is 1.78. The lowest BCUT2D eigenvalue weighted by atomic mass is 10.2. The number of hydrogen-bond acceptors (Lipinski definition) is 3. The van der Waals surface area contributed by atoms with Crippen molar-refractivity contribution in [3.8, 4) is 6.07 Å². The molecule has 0 bridgehead atoms. The molecule has 3 nitrogen and oxygen atoms in total. The van der Waals surface area contributed by atoms with Crippen molar-refractivity contribution in [3.63, 3.8) is 0 Å². The number of rotatable bonds is 5. The maximum absolute atomic E-state index is 13.4. The SMILES string of the molecule is C=CCN(CCO)c1ccc(C#N)c(F)c1. The minimum Gasteiger partial charge on any atom is -0.395 e. The number of nitrogens with zero attached hydrogens (tertiary/aromatic N) is 2. The van der Waals surface area contributed by atoms with Gasteiger partial charge in [0.05, 0.1) is 12.2 Å². The summed E-state index contributed by atoms with van der Waals surface area (Å²) in [5.74, 6) is -0.549. The molecule has 0 amide bonds. The standard InChI is InChI=1S/C12H13FN2O/c1-2-5-15(6-7-16)11-4-3-10(9-14)12(13)8-11/h2-4,8,16H,1,5-7H2. The molecule has 1 rings (SSSR count). The third-order valence-electron chi connectivity index (χ3n) is 2.16. The largest absolute Gasteiger partial charge is 0.395 e. The summed E-state index contributed by atoms with van der Waals surface area (Å²) in [6, 6.07) is 6.13. The number of halogens is 1. The van der Waals surface area contributed by atoms with Crippen LogP contribution in [0.2, 0.25) is 0 Å². The van der Waals surface area contributed by atoms with Gasteiger partial charge in [0.15, 0.2) is 0 Å². The van der Waals surface area contributed by atoms with Crippen LogP contribution in [0.15, 0.2) is 30.9 Å². The van der Waals surface area contributed by atoms with Gasteiger partial charge in [0.1, 0.15) is 11.9 Å². The van der Waals surface area contributed by atoms with E-state index in [4.69, 9.17) is 10.4 Å². The fourth-order valence-corrected chi connectivity index (χ4v) is 1.39. The fraction of sp³-hybridized carbons (Fsp3) is 0.250. The quantitative estimate of drug-likeness (QED) is 0.768. The van der Waals surface area contributed by atoms with E-state index < -0.39 is 5.82 Å². The minimum absolute atomic E-state index is 0.0184. The van der Waals surface area contributed by atoms with Crippen LogP contribution < -0.4 is 4.90 Å². The second-order valence-electron chi connectivity index (χ2n) is 3.23. The van der Waals surface area contributed by atoms with Crippen LogP contribution in [-0.2, 0) is 0 Å². The Morgan fingerprint density at radius 3 is 2.81 bits per heavy atom. The highest BCUT2D eigenvalue weighted by molar-refractivity contribution is 5.50. The molecule has 0 radical (unpaired) electrons. The molecule has 16 heavy (non-hydrogen) atoms.